The number of ether oxygens (including phenoxy) is 1. The first-order valence-corrected chi connectivity index (χ1v) is 9.01. The lowest BCUT2D eigenvalue weighted by Crippen LogP contribution is -3.00. The van der Waals surface area contributed by atoms with Crippen LogP contribution in [-0.4, -0.2) is 30.8 Å². The molecule has 1 aliphatic heterocycles. The predicted molar refractivity (Wildman–Crippen MR) is 96.7 cm³/mol. The van der Waals surface area contributed by atoms with Gasteiger partial charge in [-0.05, 0) is 37.3 Å². The van der Waals surface area contributed by atoms with Gasteiger partial charge in [0.25, 0.3) is 0 Å². The molecule has 0 N–H and O–H groups in total. The van der Waals surface area contributed by atoms with Crippen molar-refractivity contribution in [3.05, 3.63) is 40.9 Å². The fraction of sp³-hybridized carbons (Fsp3) is 0.368. The molecular formula is C19H21Br2NO2. The molecule has 2 unspecified atom stereocenters. The Morgan fingerprint density at radius 3 is 2.62 bits per heavy atom. The summed E-state index contributed by atoms with van der Waals surface area (Å²) in [4.78, 5) is 0. The Labute approximate surface area is 161 Å². The van der Waals surface area contributed by atoms with E-state index in [0.717, 1.165) is 49.6 Å². The van der Waals surface area contributed by atoms with Gasteiger partial charge in [0.1, 0.15) is 16.9 Å². The zero-order valence-corrected chi connectivity index (χ0v) is 17.1. The van der Waals surface area contributed by atoms with Crippen LogP contribution in [0.4, 0.5) is 0 Å². The van der Waals surface area contributed by atoms with Crippen molar-refractivity contribution in [2.75, 3.05) is 20.1 Å². The first-order valence-electron chi connectivity index (χ1n) is 8.22. The maximum absolute atomic E-state index is 6.31. The quantitative estimate of drug-likeness (QED) is 0.566. The van der Waals surface area contributed by atoms with Crippen LogP contribution in [0.2, 0.25) is 0 Å². The van der Waals surface area contributed by atoms with E-state index in [4.69, 9.17) is 9.15 Å². The van der Waals surface area contributed by atoms with Crippen LogP contribution < -0.4 is 21.7 Å². The van der Waals surface area contributed by atoms with E-state index >= 15 is 0 Å². The van der Waals surface area contributed by atoms with Gasteiger partial charge in [-0.25, -0.2) is 0 Å². The largest absolute Gasteiger partial charge is 1.00 e. The van der Waals surface area contributed by atoms with Crippen LogP contribution in [-0.2, 0) is 0 Å². The van der Waals surface area contributed by atoms with Crippen LogP contribution in [0.15, 0.2) is 45.3 Å². The Balaban J connectivity index is 0.00000169. The Hall–Kier alpha value is -1.04. The summed E-state index contributed by atoms with van der Waals surface area (Å²) in [7, 11) is 2.29. The second-order valence-corrected chi connectivity index (χ2v) is 7.55. The number of benzene rings is 2. The van der Waals surface area contributed by atoms with E-state index < -0.39 is 0 Å². The van der Waals surface area contributed by atoms with Crippen molar-refractivity contribution in [1.29, 1.82) is 0 Å². The highest BCUT2D eigenvalue weighted by molar-refractivity contribution is 9.10. The maximum Gasteiger partial charge on any atom is 0.233 e. The molecule has 1 saturated heterocycles. The molecule has 2 heterocycles. The first kappa shape index (κ1) is 17.8. The van der Waals surface area contributed by atoms with E-state index in [1.807, 2.05) is 18.2 Å². The van der Waals surface area contributed by atoms with Crippen molar-refractivity contribution < 1.29 is 30.6 Å². The lowest BCUT2D eigenvalue weighted by Gasteiger charge is -2.34. The normalized spacial score (nSPS) is 23.5. The van der Waals surface area contributed by atoms with Crippen molar-refractivity contribution in [1.82, 2.24) is 0 Å². The molecule has 0 amide bonds. The first-order chi connectivity index (χ1) is 11.1. The minimum atomic E-state index is 0. The summed E-state index contributed by atoms with van der Waals surface area (Å²) in [5.74, 6) is 0.903. The van der Waals surface area contributed by atoms with Gasteiger partial charge in [-0.2, -0.15) is 0 Å². The molecule has 0 saturated carbocycles. The van der Waals surface area contributed by atoms with Crippen LogP contribution in [0.5, 0.6) is 5.75 Å². The van der Waals surface area contributed by atoms with Crippen LogP contribution in [0.1, 0.15) is 19.8 Å². The summed E-state index contributed by atoms with van der Waals surface area (Å²) in [6.45, 7) is 4.54. The maximum atomic E-state index is 6.31. The van der Waals surface area contributed by atoms with Gasteiger partial charge in [0.15, 0.2) is 0 Å². The topological polar surface area (TPSA) is 22.4 Å². The minimum Gasteiger partial charge on any atom is -1.00 e. The van der Waals surface area contributed by atoms with Crippen LogP contribution >= 0.6 is 15.9 Å². The van der Waals surface area contributed by atoms with Crippen molar-refractivity contribution in [3.8, 4) is 5.75 Å². The molecule has 3 nitrogen and oxygen atoms in total. The lowest BCUT2D eigenvalue weighted by molar-refractivity contribution is -0.936. The molecule has 1 aliphatic rings. The van der Waals surface area contributed by atoms with Crippen molar-refractivity contribution in [3.63, 3.8) is 0 Å². The highest BCUT2D eigenvalue weighted by atomic mass is 79.9. The molecule has 2 atom stereocenters. The average Bonchev–Trinajstić information content (AvgIpc) is 3.07. The summed E-state index contributed by atoms with van der Waals surface area (Å²) in [6.07, 6.45) is 2.60. The molecule has 4 rings (SSSR count). The monoisotopic (exact) mass is 453 g/mol. The Kier molecular flexibility index (Phi) is 4.96. The van der Waals surface area contributed by atoms with Crippen molar-refractivity contribution in [2.24, 2.45) is 0 Å². The molecule has 0 spiro atoms. The molecule has 0 radical (unpaired) electrons. The number of halogens is 2. The molecule has 3 aromatic rings. The molecule has 1 fully saturated rings. The number of nitrogens with zero attached hydrogens (tertiary/aromatic N) is 1. The summed E-state index contributed by atoms with van der Waals surface area (Å²) in [5.41, 5.74) is 1.79. The van der Waals surface area contributed by atoms with E-state index in [9.17, 15) is 0 Å². The summed E-state index contributed by atoms with van der Waals surface area (Å²) >= 11 is 3.50. The van der Waals surface area contributed by atoms with Gasteiger partial charge in [0.2, 0.25) is 6.23 Å². The Morgan fingerprint density at radius 2 is 1.88 bits per heavy atom. The van der Waals surface area contributed by atoms with Crippen LogP contribution in [0, 0.1) is 0 Å². The molecule has 128 valence electrons. The number of likely N-dealkylation sites (tertiary alicyclic amines) is 1. The van der Waals surface area contributed by atoms with Crippen molar-refractivity contribution in [2.45, 2.75) is 26.0 Å². The third-order valence-corrected chi connectivity index (χ3v) is 5.71. The van der Waals surface area contributed by atoms with Gasteiger partial charge in [-0.15, -0.1) is 0 Å². The number of fused-ring (bicyclic) bond motifs is 3. The fourth-order valence-electron chi connectivity index (χ4n) is 3.59. The smallest absolute Gasteiger partial charge is 0.233 e. The van der Waals surface area contributed by atoms with Gasteiger partial charge in [0, 0.05) is 34.2 Å². The third kappa shape index (κ3) is 2.98. The summed E-state index contributed by atoms with van der Waals surface area (Å²) in [6, 6.07) is 12.4. The van der Waals surface area contributed by atoms with E-state index in [-0.39, 0.29) is 23.2 Å². The van der Waals surface area contributed by atoms with Gasteiger partial charge in [-0.3, -0.25) is 4.48 Å². The second kappa shape index (κ2) is 6.70. The molecular weight excluding hydrogens is 434 g/mol. The molecule has 5 heteroatoms. The van der Waals surface area contributed by atoms with E-state index in [0.29, 0.717) is 0 Å². The van der Waals surface area contributed by atoms with E-state index in [1.54, 1.807) is 0 Å². The lowest BCUT2D eigenvalue weighted by atomic mass is 10.1. The molecule has 24 heavy (non-hydrogen) atoms. The zero-order chi connectivity index (χ0) is 16.0. The number of hydrogen-bond acceptors (Lipinski definition) is 2. The van der Waals surface area contributed by atoms with Crippen molar-refractivity contribution >= 4 is 37.9 Å². The van der Waals surface area contributed by atoms with Crippen LogP contribution in [0.25, 0.3) is 21.9 Å². The van der Waals surface area contributed by atoms with E-state index in [2.05, 4.69) is 48.1 Å². The number of rotatable bonds is 3. The molecule has 0 bridgehead atoms. The summed E-state index contributed by atoms with van der Waals surface area (Å²) in [5, 5.41) is 2.28. The Bertz CT molecular complexity index is 876. The number of quaternary nitrogens is 1. The SMILES string of the molecule is CC[N+]1(C)CCCC1Oc1ccc2c(c1)oc1cc(Br)ccc12.[Br-]. The fourth-order valence-corrected chi connectivity index (χ4v) is 3.93. The third-order valence-electron chi connectivity index (χ3n) is 5.22. The summed E-state index contributed by atoms with van der Waals surface area (Å²) < 4.78 is 14.3. The molecule has 1 aromatic heterocycles. The van der Waals surface area contributed by atoms with Gasteiger partial charge >= 0.3 is 0 Å². The molecule has 2 aromatic carbocycles. The van der Waals surface area contributed by atoms with Gasteiger partial charge in [-0.1, -0.05) is 15.9 Å². The zero-order valence-electron chi connectivity index (χ0n) is 13.9. The van der Waals surface area contributed by atoms with E-state index in [1.165, 1.54) is 13.0 Å². The predicted octanol–water partition coefficient (Wildman–Crippen LogP) is 2.32. The van der Waals surface area contributed by atoms with Gasteiger partial charge < -0.3 is 26.1 Å². The highest BCUT2D eigenvalue weighted by Gasteiger charge is 2.38. The molecule has 0 aliphatic carbocycles. The van der Waals surface area contributed by atoms with Gasteiger partial charge in [0.05, 0.1) is 20.1 Å². The standard InChI is InChI=1S/C19H21BrNO2.BrH/c1-3-21(2)10-4-5-19(21)22-14-7-9-16-15-8-6-13(20)11-17(15)23-18(16)12-14;/h6-9,11-12,19H,3-5,10H2,1-2H3;1H/q+1;/p-1. The number of furan rings is 1. The average molecular weight is 455 g/mol. The second-order valence-electron chi connectivity index (χ2n) is 6.63. The number of hydrogen-bond donors (Lipinski definition) is 0. The highest BCUT2D eigenvalue weighted by Crippen LogP contribution is 2.34. The minimum absolute atomic E-state index is 0. The van der Waals surface area contributed by atoms with Crippen LogP contribution in [0.3, 0.4) is 0 Å². The Morgan fingerprint density at radius 1 is 1.17 bits per heavy atom.